The van der Waals surface area contributed by atoms with Crippen molar-refractivity contribution in [1.29, 1.82) is 0 Å². The SMILES string of the molecule is CCOCC(C)NC1CCN(c2ccccc2)CC1. The summed E-state index contributed by atoms with van der Waals surface area (Å²) in [6.45, 7) is 8.16. The van der Waals surface area contributed by atoms with Gasteiger partial charge in [-0.2, -0.15) is 0 Å². The average Bonchev–Trinajstić information content (AvgIpc) is 2.47. The maximum absolute atomic E-state index is 5.45. The van der Waals surface area contributed by atoms with Gasteiger partial charge in [-0.05, 0) is 38.8 Å². The van der Waals surface area contributed by atoms with Gasteiger partial charge in [-0.3, -0.25) is 0 Å². The molecule has 1 saturated heterocycles. The lowest BCUT2D eigenvalue weighted by molar-refractivity contribution is 0.122. The minimum absolute atomic E-state index is 0.452. The molecule has 1 aromatic carbocycles. The summed E-state index contributed by atoms with van der Waals surface area (Å²) in [4.78, 5) is 2.48. The summed E-state index contributed by atoms with van der Waals surface area (Å²) in [6.07, 6.45) is 2.43. The van der Waals surface area contributed by atoms with E-state index in [0.717, 1.165) is 26.3 Å². The lowest BCUT2D eigenvalue weighted by Crippen LogP contribution is -2.46. The number of hydrogen-bond donors (Lipinski definition) is 1. The Morgan fingerprint density at radius 3 is 2.58 bits per heavy atom. The standard InChI is InChI=1S/C16H26N2O/c1-3-19-13-14(2)17-15-9-11-18(12-10-15)16-7-5-4-6-8-16/h4-8,14-15,17H,3,9-13H2,1-2H3. The monoisotopic (exact) mass is 262 g/mol. The highest BCUT2D eigenvalue weighted by molar-refractivity contribution is 5.46. The van der Waals surface area contributed by atoms with Crippen molar-refractivity contribution in [3.05, 3.63) is 30.3 Å². The topological polar surface area (TPSA) is 24.5 Å². The Balaban J connectivity index is 1.73. The quantitative estimate of drug-likeness (QED) is 0.853. The van der Waals surface area contributed by atoms with E-state index in [1.807, 2.05) is 6.92 Å². The van der Waals surface area contributed by atoms with Crippen LogP contribution in [0.4, 0.5) is 5.69 Å². The lowest BCUT2D eigenvalue weighted by atomic mass is 10.0. The van der Waals surface area contributed by atoms with Crippen LogP contribution in [0.5, 0.6) is 0 Å². The zero-order valence-corrected chi connectivity index (χ0v) is 12.1. The number of benzene rings is 1. The number of hydrogen-bond acceptors (Lipinski definition) is 3. The van der Waals surface area contributed by atoms with Gasteiger partial charge >= 0.3 is 0 Å². The van der Waals surface area contributed by atoms with Crippen molar-refractivity contribution in [2.45, 2.75) is 38.8 Å². The van der Waals surface area contributed by atoms with Gasteiger partial charge in [-0.25, -0.2) is 0 Å². The van der Waals surface area contributed by atoms with Crippen LogP contribution in [0.2, 0.25) is 0 Å². The van der Waals surface area contributed by atoms with Crippen LogP contribution >= 0.6 is 0 Å². The number of ether oxygens (including phenoxy) is 1. The van der Waals surface area contributed by atoms with Gasteiger partial charge < -0.3 is 15.0 Å². The van der Waals surface area contributed by atoms with Crippen molar-refractivity contribution in [2.75, 3.05) is 31.2 Å². The first-order valence-electron chi connectivity index (χ1n) is 7.43. The van der Waals surface area contributed by atoms with E-state index in [1.165, 1.54) is 18.5 Å². The largest absolute Gasteiger partial charge is 0.380 e. The normalized spacial score (nSPS) is 18.5. The molecule has 3 heteroatoms. The maximum Gasteiger partial charge on any atom is 0.0616 e. The fourth-order valence-electron chi connectivity index (χ4n) is 2.69. The molecule has 1 unspecified atom stereocenters. The molecule has 106 valence electrons. The van der Waals surface area contributed by atoms with Crippen LogP contribution in [0, 0.1) is 0 Å². The van der Waals surface area contributed by atoms with E-state index in [1.54, 1.807) is 0 Å². The zero-order chi connectivity index (χ0) is 13.5. The Kier molecular flexibility index (Phi) is 5.67. The molecule has 19 heavy (non-hydrogen) atoms. The predicted molar refractivity (Wildman–Crippen MR) is 80.8 cm³/mol. The first-order chi connectivity index (χ1) is 9.29. The molecule has 0 spiro atoms. The fourth-order valence-corrected chi connectivity index (χ4v) is 2.69. The first kappa shape index (κ1) is 14.4. The maximum atomic E-state index is 5.45. The van der Waals surface area contributed by atoms with Crippen LogP contribution in [-0.4, -0.2) is 38.4 Å². The molecule has 3 nitrogen and oxygen atoms in total. The van der Waals surface area contributed by atoms with Gasteiger partial charge in [0.25, 0.3) is 0 Å². The van der Waals surface area contributed by atoms with Crippen molar-refractivity contribution in [3.63, 3.8) is 0 Å². The molecule has 0 aliphatic carbocycles. The highest BCUT2D eigenvalue weighted by atomic mass is 16.5. The molecular weight excluding hydrogens is 236 g/mol. The summed E-state index contributed by atoms with van der Waals surface area (Å²) in [5.74, 6) is 0. The van der Waals surface area contributed by atoms with Gasteiger partial charge in [0.15, 0.2) is 0 Å². The number of nitrogens with zero attached hydrogens (tertiary/aromatic N) is 1. The smallest absolute Gasteiger partial charge is 0.0616 e. The van der Waals surface area contributed by atoms with Crippen molar-refractivity contribution >= 4 is 5.69 Å². The van der Waals surface area contributed by atoms with Crippen molar-refractivity contribution < 1.29 is 4.74 Å². The third-order valence-corrected chi connectivity index (χ3v) is 3.71. The molecule has 2 rings (SSSR count). The molecule has 1 atom stereocenters. The second-order valence-corrected chi connectivity index (χ2v) is 5.32. The molecule has 0 radical (unpaired) electrons. The van der Waals surface area contributed by atoms with Gasteiger partial charge in [0, 0.05) is 37.5 Å². The Bertz CT molecular complexity index is 347. The first-order valence-corrected chi connectivity index (χ1v) is 7.43. The van der Waals surface area contributed by atoms with E-state index < -0.39 is 0 Å². The second-order valence-electron chi connectivity index (χ2n) is 5.32. The van der Waals surface area contributed by atoms with E-state index in [2.05, 4.69) is 47.5 Å². The molecule has 0 amide bonds. The van der Waals surface area contributed by atoms with Gasteiger partial charge in [0.1, 0.15) is 0 Å². The van der Waals surface area contributed by atoms with Crippen LogP contribution in [0.3, 0.4) is 0 Å². The van der Waals surface area contributed by atoms with Crippen molar-refractivity contribution in [1.82, 2.24) is 5.32 Å². The van der Waals surface area contributed by atoms with Crippen molar-refractivity contribution in [2.24, 2.45) is 0 Å². The third kappa shape index (κ3) is 4.51. The van der Waals surface area contributed by atoms with E-state index in [9.17, 15) is 0 Å². The number of anilines is 1. The summed E-state index contributed by atoms with van der Waals surface area (Å²) < 4.78 is 5.45. The summed E-state index contributed by atoms with van der Waals surface area (Å²) in [5.41, 5.74) is 1.35. The molecule has 1 heterocycles. The van der Waals surface area contributed by atoms with Crippen LogP contribution in [0.15, 0.2) is 30.3 Å². The minimum Gasteiger partial charge on any atom is -0.380 e. The van der Waals surface area contributed by atoms with Crippen molar-refractivity contribution in [3.8, 4) is 0 Å². The summed E-state index contributed by atoms with van der Waals surface area (Å²) in [5, 5.41) is 3.67. The number of piperidine rings is 1. The predicted octanol–water partition coefficient (Wildman–Crippen LogP) is 2.67. The Morgan fingerprint density at radius 2 is 1.95 bits per heavy atom. The molecule has 0 aromatic heterocycles. The average molecular weight is 262 g/mol. The van der Waals surface area contributed by atoms with E-state index >= 15 is 0 Å². The molecule has 1 N–H and O–H groups in total. The second kappa shape index (κ2) is 7.51. The summed E-state index contributed by atoms with van der Waals surface area (Å²) in [6, 6.07) is 11.8. The van der Waals surface area contributed by atoms with Gasteiger partial charge in [0.05, 0.1) is 6.61 Å². The highest BCUT2D eigenvalue weighted by Gasteiger charge is 2.20. The Labute approximate surface area is 116 Å². The molecule has 0 saturated carbocycles. The number of para-hydroxylation sites is 1. The molecule has 1 aliphatic heterocycles. The fraction of sp³-hybridized carbons (Fsp3) is 0.625. The van der Waals surface area contributed by atoms with Crippen LogP contribution < -0.4 is 10.2 Å². The van der Waals surface area contributed by atoms with Crippen LogP contribution in [0.25, 0.3) is 0 Å². The Morgan fingerprint density at radius 1 is 1.26 bits per heavy atom. The third-order valence-electron chi connectivity index (χ3n) is 3.71. The van der Waals surface area contributed by atoms with Gasteiger partial charge in [0.2, 0.25) is 0 Å². The Hall–Kier alpha value is -1.06. The minimum atomic E-state index is 0.452. The van der Waals surface area contributed by atoms with Crippen LogP contribution in [-0.2, 0) is 4.74 Å². The van der Waals surface area contributed by atoms with E-state index in [0.29, 0.717) is 12.1 Å². The highest BCUT2D eigenvalue weighted by Crippen LogP contribution is 2.19. The summed E-state index contributed by atoms with van der Waals surface area (Å²) in [7, 11) is 0. The molecular formula is C16H26N2O. The molecule has 1 aromatic rings. The molecule has 1 fully saturated rings. The molecule has 0 bridgehead atoms. The zero-order valence-electron chi connectivity index (χ0n) is 12.1. The lowest BCUT2D eigenvalue weighted by Gasteiger charge is -2.35. The number of nitrogens with one attached hydrogen (secondary N) is 1. The van der Waals surface area contributed by atoms with Crippen LogP contribution in [0.1, 0.15) is 26.7 Å². The van der Waals surface area contributed by atoms with E-state index in [-0.39, 0.29) is 0 Å². The van der Waals surface area contributed by atoms with Gasteiger partial charge in [-0.1, -0.05) is 18.2 Å². The van der Waals surface area contributed by atoms with Gasteiger partial charge in [-0.15, -0.1) is 0 Å². The summed E-state index contributed by atoms with van der Waals surface area (Å²) >= 11 is 0. The molecule has 1 aliphatic rings. The van der Waals surface area contributed by atoms with E-state index in [4.69, 9.17) is 4.74 Å². The number of rotatable bonds is 6.